The molecule has 2 aliphatic carbocycles. The quantitative estimate of drug-likeness (QED) is 0.786. The highest BCUT2D eigenvalue weighted by Crippen LogP contribution is 2.31. The molecule has 0 aromatic rings. The van der Waals surface area contributed by atoms with Crippen LogP contribution in [0.15, 0.2) is 0 Å². The standard InChI is InChI=1S/C16H30O2/c17-15(13-7-3-1-4-8-13)11-12-16(18)14-9-5-2-6-10-14/h13-18H,1-12H2. The van der Waals surface area contributed by atoms with Crippen molar-refractivity contribution in [2.24, 2.45) is 11.8 Å². The Balaban J connectivity index is 1.66. The minimum atomic E-state index is -0.163. The summed E-state index contributed by atoms with van der Waals surface area (Å²) in [7, 11) is 0. The van der Waals surface area contributed by atoms with Crippen LogP contribution in [-0.4, -0.2) is 22.4 Å². The Morgan fingerprint density at radius 1 is 0.611 bits per heavy atom. The number of aliphatic hydroxyl groups is 2. The molecule has 2 aliphatic rings. The van der Waals surface area contributed by atoms with Crippen molar-refractivity contribution in [3.05, 3.63) is 0 Å². The molecule has 0 spiro atoms. The van der Waals surface area contributed by atoms with Crippen molar-refractivity contribution in [2.75, 3.05) is 0 Å². The smallest absolute Gasteiger partial charge is 0.0569 e. The molecule has 2 fully saturated rings. The molecule has 2 nitrogen and oxygen atoms in total. The van der Waals surface area contributed by atoms with E-state index in [1.54, 1.807) is 0 Å². The van der Waals surface area contributed by atoms with Gasteiger partial charge in [0.15, 0.2) is 0 Å². The lowest BCUT2D eigenvalue weighted by Crippen LogP contribution is -2.27. The monoisotopic (exact) mass is 254 g/mol. The van der Waals surface area contributed by atoms with Gasteiger partial charge in [0.05, 0.1) is 12.2 Å². The minimum absolute atomic E-state index is 0.163. The van der Waals surface area contributed by atoms with Gasteiger partial charge in [-0.05, 0) is 50.4 Å². The third-order valence-electron chi connectivity index (χ3n) is 5.15. The van der Waals surface area contributed by atoms with Crippen LogP contribution in [0.3, 0.4) is 0 Å². The summed E-state index contributed by atoms with van der Waals surface area (Å²) in [5.74, 6) is 1.02. The highest BCUT2D eigenvalue weighted by molar-refractivity contribution is 4.77. The summed E-state index contributed by atoms with van der Waals surface area (Å²) in [6, 6.07) is 0. The highest BCUT2D eigenvalue weighted by Gasteiger charge is 2.25. The second-order valence-corrected chi connectivity index (χ2v) is 6.51. The van der Waals surface area contributed by atoms with Gasteiger partial charge in [0, 0.05) is 0 Å². The van der Waals surface area contributed by atoms with E-state index in [2.05, 4.69) is 0 Å². The van der Waals surface area contributed by atoms with Gasteiger partial charge in [0.2, 0.25) is 0 Å². The van der Waals surface area contributed by atoms with E-state index in [4.69, 9.17) is 0 Å². The van der Waals surface area contributed by atoms with E-state index in [-0.39, 0.29) is 12.2 Å². The van der Waals surface area contributed by atoms with E-state index in [9.17, 15) is 10.2 Å². The molecule has 0 aliphatic heterocycles. The Bertz CT molecular complexity index is 193. The molecule has 2 atom stereocenters. The van der Waals surface area contributed by atoms with Crippen molar-refractivity contribution < 1.29 is 10.2 Å². The molecular weight excluding hydrogens is 224 g/mol. The summed E-state index contributed by atoms with van der Waals surface area (Å²) in [5.41, 5.74) is 0. The summed E-state index contributed by atoms with van der Waals surface area (Å²) >= 11 is 0. The van der Waals surface area contributed by atoms with E-state index in [0.717, 1.165) is 12.8 Å². The van der Waals surface area contributed by atoms with Crippen LogP contribution in [0.4, 0.5) is 0 Å². The zero-order chi connectivity index (χ0) is 12.8. The molecule has 0 bridgehead atoms. The van der Waals surface area contributed by atoms with Crippen LogP contribution in [0.5, 0.6) is 0 Å². The van der Waals surface area contributed by atoms with Crippen LogP contribution >= 0.6 is 0 Å². The molecule has 2 N–H and O–H groups in total. The van der Waals surface area contributed by atoms with Crippen LogP contribution in [0, 0.1) is 11.8 Å². The Labute approximate surface area is 112 Å². The van der Waals surface area contributed by atoms with Crippen molar-refractivity contribution in [1.29, 1.82) is 0 Å². The Hall–Kier alpha value is -0.0800. The Morgan fingerprint density at radius 2 is 0.944 bits per heavy atom. The van der Waals surface area contributed by atoms with Crippen LogP contribution in [0.1, 0.15) is 77.0 Å². The largest absolute Gasteiger partial charge is 0.393 e. The molecule has 0 aromatic heterocycles. The van der Waals surface area contributed by atoms with Crippen molar-refractivity contribution in [3.63, 3.8) is 0 Å². The van der Waals surface area contributed by atoms with Gasteiger partial charge in [-0.15, -0.1) is 0 Å². The molecule has 2 saturated carbocycles. The normalized spacial score (nSPS) is 27.0. The first-order valence-corrected chi connectivity index (χ1v) is 8.13. The molecule has 0 amide bonds. The molecule has 0 saturated heterocycles. The number of aliphatic hydroxyl groups excluding tert-OH is 2. The summed E-state index contributed by atoms with van der Waals surface area (Å²) in [6.07, 6.45) is 13.9. The lowest BCUT2D eigenvalue weighted by atomic mass is 9.80. The molecule has 0 aromatic carbocycles. The highest BCUT2D eigenvalue weighted by atomic mass is 16.3. The summed E-state index contributed by atoms with van der Waals surface area (Å²) in [6.45, 7) is 0. The molecule has 0 radical (unpaired) electrons. The fourth-order valence-electron chi connectivity index (χ4n) is 3.85. The topological polar surface area (TPSA) is 40.5 Å². The first kappa shape index (κ1) is 14.3. The van der Waals surface area contributed by atoms with Gasteiger partial charge >= 0.3 is 0 Å². The Morgan fingerprint density at radius 3 is 1.28 bits per heavy atom. The van der Waals surface area contributed by atoms with Gasteiger partial charge in [-0.3, -0.25) is 0 Å². The maximum absolute atomic E-state index is 10.2. The van der Waals surface area contributed by atoms with E-state index >= 15 is 0 Å². The van der Waals surface area contributed by atoms with Gasteiger partial charge in [-0.25, -0.2) is 0 Å². The first-order chi connectivity index (χ1) is 8.77. The molecule has 106 valence electrons. The number of hydrogen-bond acceptors (Lipinski definition) is 2. The molecule has 2 unspecified atom stereocenters. The lowest BCUT2D eigenvalue weighted by Gasteiger charge is -2.30. The fraction of sp³-hybridized carbons (Fsp3) is 1.00. The molecule has 2 heteroatoms. The average molecular weight is 254 g/mol. The molecule has 2 rings (SSSR count). The maximum atomic E-state index is 10.2. The number of hydrogen-bond donors (Lipinski definition) is 2. The van der Waals surface area contributed by atoms with Gasteiger partial charge in [-0.1, -0.05) is 38.5 Å². The maximum Gasteiger partial charge on any atom is 0.0569 e. The van der Waals surface area contributed by atoms with Crippen LogP contribution < -0.4 is 0 Å². The van der Waals surface area contributed by atoms with Gasteiger partial charge in [-0.2, -0.15) is 0 Å². The van der Waals surface area contributed by atoms with E-state index in [1.807, 2.05) is 0 Å². The van der Waals surface area contributed by atoms with Crippen molar-refractivity contribution in [3.8, 4) is 0 Å². The third kappa shape index (κ3) is 4.24. The predicted molar refractivity (Wildman–Crippen MR) is 74.4 cm³/mol. The fourth-order valence-corrected chi connectivity index (χ4v) is 3.85. The third-order valence-corrected chi connectivity index (χ3v) is 5.15. The molecule has 18 heavy (non-hydrogen) atoms. The summed E-state index contributed by atoms with van der Waals surface area (Å²) in [4.78, 5) is 0. The second kappa shape index (κ2) is 7.49. The summed E-state index contributed by atoms with van der Waals surface area (Å²) < 4.78 is 0. The number of rotatable bonds is 5. The Kier molecular flexibility index (Phi) is 5.97. The second-order valence-electron chi connectivity index (χ2n) is 6.51. The zero-order valence-electron chi connectivity index (χ0n) is 11.7. The van der Waals surface area contributed by atoms with E-state index in [0.29, 0.717) is 11.8 Å². The van der Waals surface area contributed by atoms with E-state index in [1.165, 1.54) is 64.2 Å². The van der Waals surface area contributed by atoms with Crippen molar-refractivity contribution >= 4 is 0 Å². The summed E-state index contributed by atoms with van der Waals surface area (Å²) in [5, 5.41) is 20.4. The van der Waals surface area contributed by atoms with Crippen molar-refractivity contribution in [1.82, 2.24) is 0 Å². The van der Waals surface area contributed by atoms with Crippen LogP contribution in [-0.2, 0) is 0 Å². The average Bonchev–Trinajstić information content (AvgIpc) is 2.46. The van der Waals surface area contributed by atoms with E-state index < -0.39 is 0 Å². The molecule has 0 heterocycles. The van der Waals surface area contributed by atoms with Gasteiger partial charge in [0.25, 0.3) is 0 Å². The molecular formula is C16H30O2. The van der Waals surface area contributed by atoms with Gasteiger partial charge in [0.1, 0.15) is 0 Å². The SMILES string of the molecule is OC(CCC(O)C1CCCCC1)C1CCCCC1. The minimum Gasteiger partial charge on any atom is -0.393 e. The zero-order valence-corrected chi connectivity index (χ0v) is 11.7. The van der Waals surface area contributed by atoms with Crippen molar-refractivity contribution in [2.45, 2.75) is 89.3 Å². The predicted octanol–water partition coefficient (Wildman–Crippen LogP) is 3.65. The van der Waals surface area contributed by atoms with Gasteiger partial charge < -0.3 is 10.2 Å². The van der Waals surface area contributed by atoms with Crippen LogP contribution in [0.25, 0.3) is 0 Å². The van der Waals surface area contributed by atoms with Crippen LogP contribution in [0.2, 0.25) is 0 Å². The lowest BCUT2D eigenvalue weighted by molar-refractivity contribution is 0.0341. The first-order valence-electron chi connectivity index (χ1n) is 8.13.